The van der Waals surface area contributed by atoms with Gasteiger partial charge in [0.2, 0.25) is 11.9 Å². The molecule has 3 heterocycles. The SMILES string of the molecule is C[C@@H](Nc1nc2c(Br)cccc2c2nc(-c3cnn(C)c3)nn12)C(=O)NCC(C)(C)C. The van der Waals surface area contributed by atoms with Crippen LogP contribution in [-0.2, 0) is 11.8 Å². The van der Waals surface area contributed by atoms with Gasteiger partial charge in [-0.05, 0) is 40.4 Å². The van der Waals surface area contributed by atoms with E-state index in [1.807, 2.05) is 31.4 Å². The molecule has 3 aromatic heterocycles. The number of amides is 1. The maximum Gasteiger partial charge on any atom is 0.242 e. The van der Waals surface area contributed by atoms with Crippen molar-refractivity contribution in [2.24, 2.45) is 12.5 Å². The Labute approximate surface area is 188 Å². The van der Waals surface area contributed by atoms with Crippen LogP contribution in [0.3, 0.4) is 0 Å². The van der Waals surface area contributed by atoms with E-state index in [2.05, 4.69) is 57.5 Å². The van der Waals surface area contributed by atoms with Crippen LogP contribution in [0.15, 0.2) is 35.1 Å². The van der Waals surface area contributed by atoms with E-state index in [0.29, 0.717) is 24.0 Å². The van der Waals surface area contributed by atoms with Crippen molar-refractivity contribution in [2.75, 3.05) is 11.9 Å². The average Bonchev–Trinajstić information content (AvgIpc) is 3.33. The molecule has 4 rings (SSSR count). The van der Waals surface area contributed by atoms with Crippen LogP contribution in [0.5, 0.6) is 0 Å². The van der Waals surface area contributed by atoms with Gasteiger partial charge in [-0.2, -0.15) is 9.61 Å². The third-order valence-corrected chi connectivity index (χ3v) is 5.39. The van der Waals surface area contributed by atoms with E-state index < -0.39 is 6.04 Å². The second-order valence-electron chi connectivity index (χ2n) is 8.79. The fraction of sp³-hybridized carbons (Fsp3) is 0.381. The maximum absolute atomic E-state index is 12.6. The summed E-state index contributed by atoms with van der Waals surface area (Å²) < 4.78 is 4.19. The van der Waals surface area contributed by atoms with Crippen molar-refractivity contribution in [3.05, 3.63) is 35.1 Å². The summed E-state index contributed by atoms with van der Waals surface area (Å²) in [6.45, 7) is 8.61. The molecular formula is C21H25BrN8O. The van der Waals surface area contributed by atoms with Crippen LogP contribution < -0.4 is 10.6 Å². The zero-order valence-corrected chi connectivity index (χ0v) is 19.7. The Morgan fingerprint density at radius 1 is 1.26 bits per heavy atom. The summed E-state index contributed by atoms with van der Waals surface area (Å²) in [6, 6.07) is 5.30. The van der Waals surface area contributed by atoms with Gasteiger partial charge in [0.25, 0.3) is 0 Å². The van der Waals surface area contributed by atoms with Crippen molar-refractivity contribution in [1.82, 2.24) is 34.7 Å². The average molecular weight is 485 g/mol. The standard InChI is InChI=1S/C21H25BrN8O/c1-12(19(31)23-11-21(2,3)4)25-20-26-16-14(7-6-8-15(16)22)18-27-17(28-30(18)20)13-9-24-29(5)10-13/h6-10,12H,11H2,1-5H3,(H,23,31)(H,25,26)/t12-/m1/s1. The van der Waals surface area contributed by atoms with Crippen LogP contribution >= 0.6 is 15.9 Å². The minimum Gasteiger partial charge on any atom is -0.354 e. The van der Waals surface area contributed by atoms with E-state index in [9.17, 15) is 4.79 Å². The molecule has 9 nitrogen and oxygen atoms in total. The van der Waals surface area contributed by atoms with Gasteiger partial charge in [-0.15, -0.1) is 5.10 Å². The molecule has 0 saturated heterocycles. The molecule has 0 bridgehead atoms. The monoisotopic (exact) mass is 484 g/mol. The number of hydrogen-bond acceptors (Lipinski definition) is 6. The molecule has 0 radical (unpaired) electrons. The number of aryl methyl sites for hydroxylation is 1. The van der Waals surface area contributed by atoms with Crippen molar-refractivity contribution in [3.63, 3.8) is 0 Å². The number of nitrogens with zero attached hydrogens (tertiary/aromatic N) is 6. The van der Waals surface area contributed by atoms with Crippen LogP contribution in [0.25, 0.3) is 27.9 Å². The summed E-state index contributed by atoms with van der Waals surface area (Å²) in [4.78, 5) is 22.1. The molecule has 162 valence electrons. The Balaban J connectivity index is 1.77. The molecule has 0 aliphatic rings. The van der Waals surface area contributed by atoms with E-state index in [0.717, 1.165) is 20.9 Å². The summed E-state index contributed by atoms with van der Waals surface area (Å²) >= 11 is 3.57. The lowest BCUT2D eigenvalue weighted by Gasteiger charge is -2.21. The number of carbonyl (C=O) groups excluding carboxylic acids is 1. The number of fused-ring (bicyclic) bond motifs is 3. The van der Waals surface area contributed by atoms with Gasteiger partial charge in [-0.1, -0.05) is 26.8 Å². The van der Waals surface area contributed by atoms with E-state index >= 15 is 0 Å². The Morgan fingerprint density at radius 3 is 2.71 bits per heavy atom. The zero-order chi connectivity index (χ0) is 22.3. The van der Waals surface area contributed by atoms with Gasteiger partial charge in [0.15, 0.2) is 11.5 Å². The molecule has 1 atom stereocenters. The Hall–Kier alpha value is -3.01. The molecule has 1 amide bonds. The van der Waals surface area contributed by atoms with E-state index in [1.165, 1.54) is 0 Å². The van der Waals surface area contributed by atoms with Crippen molar-refractivity contribution in [1.29, 1.82) is 0 Å². The van der Waals surface area contributed by atoms with Crippen molar-refractivity contribution in [3.8, 4) is 11.4 Å². The second-order valence-corrected chi connectivity index (χ2v) is 9.64. The normalized spacial score (nSPS) is 13.0. The Kier molecular flexibility index (Phi) is 5.42. The first kappa shape index (κ1) is 21.2. The fourth-order valence-electron chi connectivity index (χ4n) is 3.11. The molecule has 10 heteroatoms. The number of nitrogens with one attached hydrogen (secondary N) is 2. The molecular weight excluding hydrogens is 460 g/mol. The minimum atomic E-state index is -0.510. The summed E-state index contributed by atoms with van der Waals surface area (Å²) in [5.41, 5.74) is 2.19. The van der Waals surface area contributed by atoms with E-state index in [4.69, 9.17) is 9.97 Å². The van der Waals surface area contributed by atoms with Crippen molar-refractivity contribution in [2.45, 2.75) is 33.7 Å². The lowest BCUT2D eigenvalue weighted by Crippen LogP contribution is -2.41. The van der Waals surface area contributed by atoms with Crippen molar-refractivity contribution >= 4 is 44.3 Å². The molecule has 0 saturated carbocycles. The highest BCUT2D eigenvalue weighted by molar-refractivity contribution is 9.10. The molecule has 0 aliphatic heterocycles. The topological polar surface area (TPSA) is 102 Å². The predicted molar refractivity (Wildman–Crippen MR) is 124 cm³/mol. The predicted octanol–water partition coefficient (Wildman–Crippen LogP) is 3.40. The van der Waals surface area contributed by atoms with Gasteiger partial charge in [-0.3, -0.25) is 9.48 Å². The van der Waals surface area contributed by atoms with E-state index in [-0.39, 0.29) is 11.3 Å². The second kappa shape index (κ2) is 7.92. The van der Waals surface area contributed by atoms with Crippen LogP contribution in [0.4, 0.5) is 5.95 Å². The van der Waals surface area contributed by atoms with Crippen LogP contribution in [-0.4, -0.2) is 47.9 Å². The fourth-order valence-corrected chi connectivity index (χ4v) is 3.57. The highest BCUT2D eigenvalue weighted by Gasteiger charge is 2.21. The van der Waals surface area contributed by atoms with Crippen LogP contribution in [0.2, 0.25) is 0 Å². The largest absolute Gasteiger partial charge is 0.354 e. The summed E-state index contributed by atoms with van der Waals surface area (Å²) in [7, 11) is 1.85. The highest BCUT2D eigenvalue weighted by atomic mass is 79.9. The third kappa shape index (κ3) is 4.39. The number of rotatable bonds is 5. The number of hydrogen-bond donors (Lipinski definition) is 2. The molecule has 4 aromatic rings. The zero-order valence-electron chi connectivity index (χ0n) is 18.1. The third-order valence-electron chi connectivity index (χ3n) is 4.75. The quantitative estimate of drug-likeness (QED) is 0.449. The maximum atomic E-state index is 12.6. The first-order valence-electron chi connectivity index (χ1n) is 10.0. The first-order valence-corrected chi connectivity index (χ1v) is 10.8. The summed E-state index contributed by atoms with van der Waals surface area (Å²) in [6.07, 6.45) is 3.58. The highest BCUT2D eigenvalue weighted by Crippen LogP contribution is 2.28. The lowest BCUT2D eigenvalue weighted by molar-refractivity contribution is -0.121. The lowest BCUT2D eigenvalue weighted by atomic mass is 9.97. The summed E-state index contributed by atoms with van der Waals surface area (Å²) in [5.74, 6) is 0.871. The number of carbonyl (C=O) groups is 1. The Morgan fingerprint density at radius 2 is 2.03 bits per heavy atom. The molecule has 0 unspecified atom stereocenters. The molecule has 31 heavy (non-hydrogen) atoms. The number of para-hydroxylation sites is 1. The number of halogens is 1. The molecule has 1 aromatic carbocycles. The van der Waals surface area contributed by atoms with Crippen molar-refractivity contribution < 1.29 is 4.79 Å². The van der Waals surface area contributed by atoms with E-state index in [1.54, 1.807) is 22.3 Å². The molecule has 0 fully saturated rings. The Bertz CT molecular complexity index is 1270. The molecule has 0 spiro atoms. The smallest absolute Gasteiger partial charge is 0.242 e. The number of anilines is 1. The molecule has 0 aliphatic carbocycles. The van der Waals surface area contributed by atoms with Gasteiger partial charge in [0.05, 0.1) is 17.3 Å². The minimum absolute atomic E-state index is 0.000760. The summed E-state index contributed by atoms with van der Waals surface area (Å²) in [5, 5.41) is 15.9. The van der Waals surface area contributed by atoms with Gasteiger partial charge in [-0.25, -0.2) is 9.97 Å². The number of aromatic nitrogens is 6. The van der Waals surface area contributed by atoms with Gasteiger partial charge in [0.1, 0.15) is 6.04 Å². The van der Waals surface area contributed by atoms with Gasteiger partial charge >= 0.3 is 0 Å². The number of benzene rings is 1. The van der Waals surface area contributed by atoms with Crippen LogP contribution in [0.1, 0.15) is 27.7 Å². The molecule has 2 N–H and O–H groups in total. The van der Waals surface area contributed by atoms with Gasteiger partial charge < -0.3 is 10.6 Å². The van der Waals surface area contributed by atoms with Crippen LogP contribution in [0, 0.1) is 5.41 Å². The first-order chi connectivity index (χ1) is 14.6. The van der Waals surface area contributed by atoms with Gasteiger partial charge in [0, 0.05) is 29.6 Å².